The standard InChI is InChI=1S/C30H29F2N3O5S/c1-33-29(36)27-24-15-23(20-5-4-14-35(17-20)30(37)19-8-12-22(32)13-9-19)25(34(2)41(3,38)39)16-26(24)40-28(27)18-6-10-21(31)11-7-18/h6-13,15-16,20H,4-5,14,17H2,1-3H3,(H,33,36)/t20-/m1/s1. The van der Waals surface area contributed by atoms with Crippen molar-refractivity contribution in [1.29, 1.82) is 0 Å². The van der Waals surface area contributed by atoms with E-state index in [1.54, 1.807) is 17.0 Å². The molecule has 1 aliphatic rings. The van der Waals surface area contributed by atoms with E-state index >= 15 is 0 Å². The minimum atomic E-state index is -3.69. The number of anilines is 1. The third-order valence-electron chi connectivity index (χ3n) is 7.47. The van der Waals surface area contributed by atoms with E-state index in [1.165, 1.54) is 62.6 Å². The number of sulfonamides is 1. The number of piperidine rings is 1. The zero-order chi connectivity index (χ0) is 29.5. The van der Waals surface area contributed by atoms with Gasteiger partial charge in [0.05, 0.1) is 17.5 Å². The molecule has 1 saturated heterocycles. The zero-order valence-corrected chi connectivity index (χ0v) is 23.6. The van der Waals surface area contributed by atoms with Crippen LogP contribution in [-0.4, -0.2) is 58.6 Å². The number of fused-ring (bicyclic) bond motifs is 1. The van der Waals surface area contributed by atoms with Crippen molar-refractivity contribution in [2.24, 2.45) is 0 Å². The molecule has 0 radical (unpaired) electrons. The van der Waals surface area contributed by atoms with Gasteiger partial charge in [0.1, 0.15) is 23.0 Å². The number of carbonyl (C=O) groups is 2. The fourth-order valence-electron chi connectivity index (χ4n) is 5.27. The summed E-state index contributed by atoms with van der Waals surface area (Å²) in [6.45, 7) is 0.792. The van der Waals surface area contributed by atoms with Gasteiger partial charge in [0, 0.05) is 55.7 Å². The van der Waals surface area contributed by atoms with E-state index in [0.29, 0.717) is 53.7 Å². The molecule has 2 amide bonds. The summed E-state index contributed by atoms with van der Waals surface area (Å²) in [6, 6.07) is 14.2. The van der Waals surface area contributed by atoms with Crippen molar-refractivity contribution in [2.45, 2.75) is 18.8 Å². The van der Waals surface area contributed by atoms with Crippen LogP contribution in [0.15, 0.2) is 65.1 Å². The van der Waals surface area contributed by atoms with Gasteiger partial charge in [-0.15, -0.1) is 0 Å². The maximum Gasteiger partial charge on any atom is 0.255 e. The summed E-state index contributed by atoms with van der Waals surface area (Å²) < 4.78 is 59.7. The number of nitrogens with one attached hydrogen (secondary N) is 1. The van der Waals surface area contributed by atoms with Gasteiger partial charge in [0.15, 0.2) is 0 Å². The monoisotopic (exact) mass is 581 g/mol. The fraction of sp³-hybridized carbons (Fsp3) is 0.267. The normalized spacial score (nSPS) is 15.6. The van der Waals surface area contributed by atoms with Gasteiger partial charge in [-0.2, -0.15) is 0 Å². The lowest BCUT2D eigenvalue weighted by Crippen LogP contribution is -2.39. The summed E-state index contributed by atoms with van der Waals surface area (Å²) >= 11 is 0. The number of halogens is 2. The number of likely N-dealkylation sites (tertiary alicyclic amines) is 1. The molecule has 2 heterocycles. The van der Waals surface area contributed by atoms with E-state index in [4.69, 9.17) is 4.42 Å². The van der Waals surface area contributed by atoms with E-state index in [2.05, 4.69) is 5.32 Å². The van der Waals surface area contributed by atoms with Gasteiger partial charge in [0.25, 0.3) is 11.8 Å². The smallest absolute Gasteiger partial charge is 0.255 e. The second kappa shape index (κ2) is 11.0. The lowest BCUT2D eigenvalue weighted by Gasteiger charge is -2.35. The number of hydrogen-bond donors (Lipinski definition) is 1. The van der Waals surface area contributed by atoms with Crippen LogP contribution in [0.1, 0.15) is 45.0 Å². The number of nitrogens with zero attached hydrogens (tertiary/aromatic N) is 2. The Bertz CT molecular complexity index is 1730. The highest BCUT2D eigenvalue weighted by Crippen LogP contribution is 2.42. The number of hydrogen-bond acceptors (Lipinski definition) is 5. The average Bonchev–Trinajstić information content (AvgIpc) is 3.34. The predicted octanol–water partition coefficient (Wildman–Crippen LogP) is 5.15. The molecular weight excluding hydrogens is 552 g/mol. The molecule has 5 rings (SSSR count). The summed E-state index contributed by atoms with van der Waals surface area (Å²) in [5, 5.41) is 3.09. The van der Waals surface area contributed by atoms with Crippen LogP contribution in [-0.2, 0) is 10.0 Å². The Hall–Kier alpha value is -4.25. The van der Waals surface area contributed by atoms with Crippen LogP contribution in [0.4, 0.5) is 14.5 Å². The summed E-state index contributed by atoms with van der Waals surface area (Å²) in [7, 11) is -0.762. The van der Waals surface area contributed by atoms with E-state index in [0.717, 1.165) is 10.6 Å². The molecule has 214 valence electrons. The first-order valence-electron chi connectivity index (χ1n) is 13.0. The third-order valence-corrected chi connectivity index (χ3v) is 8.67. The van der Waals surface area contributed by atoms with Crippen molar-refractivity contribution in [1.82, 2.24) is 10.2 Å². The molecule has 1 aliphatic heterocycles. The highest BCUT2D eigenvalue weighted by atomic mass is 32.2. The molecular formula is C30H29F2N3O5S. The van der Waals surface area contributed by atoms with Crippen LogP contribution in [0.25, 0.3) is 22.3 Å². The van der Waals surface area contributed by atoms with Gasteiger partial charge in [-0.25, -0.2) is 17.2 Å². The number of benzene rings is 3. The van der Waals surface area contributed by atoms with Crippen LogP contribution in [0.5, 0.6) is 0 Å². The van der Waals surface area contributed by atoms with Crippen molar-refractivity contribution < 1.29 is 31.2 Å². The molecule has 3 aromatic carbocycles. The van der Waals surface area contributed by atoms with Crippen molar-refractivity contribution in [2.75, 3.05) is 37.7 Å². The Balaban J connectivity index is 1.65. The molecule has 0 unspecified atom stereocenters. The van der Waals surface area contributed by atoms with Gasteiger partial charge < -0.3 is 14.6 Å². The van der Waals surface area contributed by atoms with Crippen molar-refractivity contribution in [3.8, 4) is 11.3 Å². The maximum absolute atomic E-state index is 13.6. The molecule has 0 bridgehead atoms. The fourth-order valence-corrected chi connectivity index (χ4v) is 5.79. The van der Waals surface area contributed by atoms with Gasteiger partial charge in [-0.1, -0.05) is 0 Å². The lowest BCUT2D eigenvalue weighted by molar-refractivity contribution is 0.0707. The molecule has 1 N–H and O–H groups in total. The van der Waals surface area contributed by atoms with E-state index in [9.17, 15) is 26.8 Å². The summed E-state index contributed by atoms with van der Waals surface area (Å²) in [5.74, 6) is -1.59. The summed E-state index contributed by atoms with van der Waals surface area (Å²) in [4.78, 5) is 28.0. The molecule has 8 nitrogen and oxygen atoms in total. The van der Waals surface area contributed by atoms with E-state index < -0.39 is 27.6 Å². The van der Waals surface area contributed by atoms with E-state index in [1.807, 2.05) is 0 Å². The van der Waals surface area contributed by atoms with Crippen LogP contribution >= 0.6 is 0 Å². The molecule has 1 atom stereocenters. The number of rotatable bonds is 6. The van der Waals surface area contributed by atoms with E-state index in [-0.39, 0.29) is 28.7 Å². The van der Waals surface area contributed by atoms with Gasteiger partial charge >= 0.3 is 0 Å². The van der Waals surface area contributed by atoms with Crippen LogP contribution in [0.3, 0.4) is 0 Å². The molecule has 1 fully saturated rings. The zero-order valence-electron chi connectivity index (χ0n) is 22.8. The first-order chi connectivity index (χ1) is 19.5. The van der Waals surface area contributed by atoms with Crippen molar-refractivity contribution >= 4 is 38.5 Å². The quantitative estimate of drug-likeness (QED) is 0.340. The second-order valence-corrected chi connectivity index (χ2v) is 12.1. The van der Waals surface area contributed by atoms with Crippen molar-refractivity contribution in [3.63, 3.8) is 0 Å². The Labute approximate surface area is 236 Å². The second-order valence-electron chi connectivity index (χ2n) is 10.1. The molecule has 1 aromatic heterocycles. The first kappa shape index (κ1) is 28.3. The number of furan rings is 1. The first-order valence-corrected chi connectivity index (χ1v) is 14.9. The molecule has 41 heavy (non-hydrogen) atoms. The molecule has 0 spiro atoms. The topological polar surface area (TPSA) is 99.9 Å². The number of amides is 2. The van der Waals surface area contributed by atoms with Crippen LogP contribution in [0, 0.1) is 11.6 Å². The summed E-state index contributed by atoms with van der Waals surface area (Å²) in [5.41, 5.74) is 2.36. The highest BCUT2D eigenvalue weighted by molar-refractivity contribution is 7.92. The summed E-state index contributed by atoms with van der Waals surface area (Å²) in [6.07, 6.45) is 2.42. The minimum Gasteiger partial charge on any atom is -0.455 e. The van der Waals surface area contributed by atoms with Crippen LogP contribution < -0.4 is 9.62 Å². The number of carbonyl (C=O) groups excluding carboxylic acids is 2. The minimum absolute atomic E-state index is 0.223. The van der Waals surface area contributed by atoms with Crippen LogP contribution in [0.2, 0.25) is 0 Å². The Morgan fingerprint density at radius 1 is 1.02 bits per heavy atom. The maximum atomic E-state index is 13.6. The highest BCUT2D eigenvalue weighted by Gasteiger charge is 2.31. The average molecular weight is 582 g/mol. The Morgan fingerprint density at radius 3 is 2.27 bits per heavy atom. The molecule has 4 aromatic rings. The Kier molecular flexibility index (Phi) is 7.56. The largest absolute Gasteiger partial charge is 0.455 e. The van der Waals surface area contributed by atoms with Gasteiger partial charge in [-0.3, -0.25) is 13.9 Å². The van der Waals surface area contributed by atoms with Crippen molar-refractivity contribution in [3.05, 3.63) is 89.0 Å². The van der Waals surface area contributed by atoms with Gasteiger partial charge in [-0.05, 0) is 73.0 Å². The third kappa shape index (κ3) is 5.54. The molecule has 0 aliphatic carbocycles. The van der Waals surface area contributed by atoms with Gasteiger partial charge in [0.2, 0.25) is 10.0 Å². The molecule has 11 heteroatoms. The lowest BCUT2D eigenvalue weighted by atomic mass is 9.87. The SMILES string of the molecule is CNC(=O)c1c(-c2ccc(F)cc2)oc2cc(N(C)S(C)(=O)=O)c([C@@H]3CCCN(C(=O)c4ccc(F)cc4)C3)cc12. The molecule has 0 saturated carbocycles. The Morgan fingerprint density at radius 2 is 1.66 bits per heavy atom. The predicted molar refractivity (Wildman–Crippen MR) is 153 cm³/mol.